The van der Waals surface area contributed by atoms with E-state index in [-0.39, 0.29) is 13.0 Å². The van der Waals surface area contributed by atoms with Gasteiger partial charge in [0.1, 0.15) is 5.60 Å². The van der Waals surface area contributed by atoms with Crippen LogP contribution >= 0.6 is 11.6 Å². The first-order chi connectivity index (χ1) is 8.54. The molecule has 0 aliphatic carbocycles. The molecule has 0 aromatic heterocycles. The Labute approximate surface area is 116 Å². The number of likely N-dealkylation sites (tertiary alicyclic amines) is 1. The maximum atomic E-state index is 13.5. The Morgan fingerprint density at radius 2 is 1.89 bits per heavy atom. The molecule has 0 aromatic rings. The number of carbonyl (C=O) groups excluding carboxylic acids is 2. The molecule has 110 valence electrons. The number of amides is 1. The lowest BCUT2D eigenvalue weighted by molar-refractivity contribution is -0.145. The van der Waals surface area contributed by atoms with E-state index in [1.165, 1.54) is 4.90 Å². The van der Waals surface area contributed by atoms with Crippen molar-refractivity contribution in [3.05, 3.63) is 0 Å². The standard InChI is InChI=1S/C12H18ClF2NO3/c1-11(2,3)19-10(18)16-6-4-5-8(7-16)12(14,15)9(13)17/h8H,4-7H2,1-3H3. The first kappa shape index (κ1) is 16.1. The van der Waals surface area contributed by atoms with Crippen molar-refractivity contribution in [1.82, 2.24) is 4.90 Å². The zero-order valence-corrected chi connectivity index (χ0v) is 12.0. The van der Waals surface area contributed by atoms with E-state index < -0.39 is 28.8 Å². The third-order valence-corrected chi connectivity index (χ3v) is 3.10. The predicted octanol–water partition coefficient (Wildman–Crippen LogP) is 3.03. The smallest absolute Gasteiger partial charge is 0.410 e. The molecule has 0 saturated carbocycles. The number of halogens is 3. The molecule has 1 amide bonds. The van der Waals surface area contributed by atoms with Crippen LogP contribution in [-0.2, 0) is 9.53 Å². The maximum absolute atomic E-state index is 13.5. The number of hydrogen-bond acceptors (Lipinski definition) is 3. The van der Waals surface area contributed by atoms with E-state index in [1.54, 1.807) is 20.8 Å². The number of piperidine rings is 1. The molecular weight excluding hydrogens is 280 g/mol. The van der Waals surface area contributed by atoms with Crippen LogP contribution in [0, 0.1) is 5.92 Å². The number of ether oxygens (including phenoxy) is 1. The van der Waals surface area contributed by atoms with E-state index in [4.69, 9.17) is 16.3 Å². The summed E-state index contributed by atoms with van der Waals surface area (Å²) >= 11 is 4.91. The summed E-state index contributed by atoms with van der Waals surface area (Å²) in [5.74, 6) is -4.86. The fourth-order valence-electron chi connectivity index (χ4n) is 1.93. The highest BCUT2D eigenvalue weighted by Crippen LogP contribution is 2.34. The van der Waals surface area contributed by atoms with Gasteiger partial charge in [0.15, 0.2) is 0 Å². The van der Waals surface area contributed by atoms with Gasteiger partial charge in [0.05, 0.1) is 0 Å². The second-order valence-electron chi connectivity index (χ2n) is 5.66. The van der Waals surface area contributed by atoms with Crippen molar-refractivity contribution in [2.75, 3.05) is 13.1 Å². The summed E-state index contributed by atoms with van der Waals surface area (Å²) in [5.41, 5.74) is -0.686. The fourth-order valence-corrected chi connectivity index (χ4v) is 2.08. The minimum absolute atomic E-state index is 0.157. The quantitative estimate of drug-likeness (QED) is 0.736. The van der Waals surface area contributed by atoms with Crippen LogP contribution in [0.5, 0.6) is 0 Å². The summed E-state index contributed by atoms with van der Waals surface area (Å²) in [4.78, 5) is 23.7. The van der Waals surface area contributed by atoms with Crippen LogP contribution < -0.4 is 0 Å². The van der Waals surface area contributed by atoms with Gasteiger partial charge in [-0.15, -0.1) is 0 Å². The van der Waals surface area contributed by atoms with Crippen LogP contribution in [0.2, 0.25) is 0 Å². The summed E-state index contributed by atoms with van der Waals surface area (Å²) < 4.78 is 32.2. The van der Waals surface area contributed by atoms with E-state index in [0.29, 0.717) is 13.0 Å². The van der Waals surface area contributed by atoms with Crippen molar-refractivity contribution in [1.29, 1.82) is 0 Å². The molecule has 19 heavy (non-hydrogen) atoms. The Kier molecular flexibility index (Phi) is 4.76. The van der Waals surface area contributed by atoms with E-state index in [2.05, 4.69) is 0 Å². The number of nitrogens with zero attached hydrogens (tertiary/aromatic N) is 1. The number of alkyl halides is 2. The first-order valence-electron chi connectivity index (χ1n) is 6.09. The van der Waals surface area contributed by atoms with E-state index in [9.17, 15) is 18.4 Å². The molecule has 0 radical (unpaired) electrons. The lowest BCUT2D eigenvalue weighted by Crippen LogP contribution is -2.49. The Morgan fingerprint density at radius 3 is 2.37 bits per heavy atom. The molecule has 1 heterocycles. The molecule has 4 nitrogen and oxygen atoms in total. The fraction of sp³-hybridized carbons (Fsp3) is 0.833. The Morgan fingerprint density at radius 1 is 1.32 bits per heavy atom. The highest BCUT2D eigenvalue weighted by Gasteiger charge is 2.48. The lowest BCUT2D eigenvalue weighted by Gasteiger charge is -2.36. The van der Waals surface area contributed by atoms with E-state index in [1.807, 2.05) is 0 Å². The minimum atomic E-state index is -3.61. The van der Waals surface area contributed by atoms with Gasteiger partial charge in [-0.2, -0.15) is 8.78 Å². The lowest BCUT2D eigenvalue weighted by atomic mass is 9.92. The summed E-state index contributed by atoms with van der Waals surface area (Å²) in [7, 11) is 0. The Balaban J connectivity index is 2.70. The van der Waals surface area contributed by atoms with Gasteiger partial charge in [-0.25, -0.2) is 4.79 Å². The highest BCUT2D eigenvalue weighted by atomic mass is 35.5. The largest absolute Gasteiger partial charge is 0.444 e. The number of rotatable bonds is 2. The molecule has 0 N–H and O–H groups in total. The third kappa shape index (κ3) is 4.30. The minimum Gasteiger partial charge on any atom is -0.444 e. The molecule has 1 saturated heterocycles. The predicted molar refractivity (Wildman–Crippen MR) is 66.3 cm³/mol. The van der Waals surface area contributed by atoms with Gasteiger partial charge in [-0.05, 0) is 45.2 Å². The first-order valence-corrected chi connectivity index (χ1v) is 6.47. The molecule has 0 spiro atoms. The van der Waals surface area contributed by atoms with Crippen LogP contribution in [0.4, 0.5) is 13.6 Å². The SMILES string of the molecule is CC(C)(C)OC(=O)N1CCCC(C(F)(F)C(=O)Cl)C1. The van der Waals surface area contributed by atoms with Crippen molar-refractivity contribution in [3.63, 3.8) is 0 Å². The van der Waals surface area contributed by atoms with Crippen LogP contribution in [0.1, 0.15) is 33.6 Å². The molecule has 1 atom stereocenters. The molecule has 1 aliphatic rings. The second-order valence-corrected chi connectivity index (χ2v) is 6.01. The summed E-state index contributed by atoms with van der Waals surface area (Å²) in [5, 5.41) is -1.68. The maximum Gasteiger partial charge on any atom is 0.410 e. The van der Waals surface area contributed by atoms with E-state index >= 15 is 0 Å². The molecule has 1 fully saturated rings. The molecule has 0 bridgehead atoms. The van der Waals surface area contributed by atoms with Crippen molar-refractivity contribution in [2.24, 2.45) is 5.92 Å². The van der Waals surface area contributed by atoms with Gasteiger partial charge in [0.25, 0.3) is 5.24 Å². The van der Waals surface area contributed by atoms with Crippen LogP contribution in [0.15, 0.2) is 0 Å². The van der Waals surface area contributed by atoms with Gasteiger partial charge < -0.3 is 9.64 Å². The molecule has 0 aromatic carbocycles. The van der Waals surface area contributed by atoms with Gasteiger partial charge in [-0.1, -0.05) is 0 Å². The topological polar surface area (TPSA) is 46.6 Å². The van der Waals surface area contributed by atoms with Gasteiger partial charge >= 0.3 is 12.0 Å². The average Bonchev–Trinajstić information content (AvgIpc) is 2.26. The normalized spacial score (nSPS) is 21.2. The third-order valence-electron chi connectivity index (χ3n) is 2.85. The molecule has 1 unspecified atom stereocenters. The summed E-state index contributed by atoms with van der Waals surface area (Å²) in [6, 6.07) is 0. The zero-order chi connectivity index (χ0) is 14.8. The molecule has 1 aliphatic heterocycles. The van der Waals surface area contributed by atoms with Crippen molar-refractivity contribution >= 4 is 22.9 Å². The van der Waals surface area contributed by atoms with Crippen molar-refractivity contribution in [2.45, 2.75) is 45.1 Å². The molecule has 7 heteroatoms. The molecule has 1 rings (SSSR count). The van der Waals surface area contributed by atoms with Crippen molar-refractivity contribution < 1.29 is 23.1 Å². The zero-order valence-electron chi connectivity index (χ0n) is 11.2. The number of carbonyl (C=O) groups is 2. The highest BCUT2D eigenvalue weighted by molar-refractivity contribution is 6.65. The Hall–Kier alpha value is -0.910. The molecular formula is C12H18ClF2NO3. The summed E-state index contributed by atoms with van der Waals surface area (Å²) in [6.07, 6.45) is -0.0935. The summed E-state index contributed by atoms with van der Waals surface area (Å²) in [6.45, 7) is 5.22. The van der Waals surface area contributed by atoms with Crippen LogP contribution in [0.3, 0.4) is 0 Å². The average molecular weight is 298 g/mol. The van der Waals surface area contributed by atoms with Gasteiger partial charge in [0, 0.05) is 19.0 Å². The van der Waals surface area contributed by atoms with E-state index in [0.717, 1.165) is 0 Å². The van der Waals surface area contributed by atoms with Crippen LogP contribution in [-0.4, -0.2) is 40.8 Å². The van der Waals surface area contributed by atoms with Crippen LogP contribution in [0.25, 0.3) is 0 Å². The second kappa shape index (κ2) is 5.61. The Bertz CT molecular complexity index is 368. The monoisotopic (exact) mass is 297 g/mol. The van der Waals surface area contributed by atoms with Gasteiger partial charge in [-0.3, -0.25) is 4.79 Å². The van der Waals surface area contributed by atoms with Crippen molar-refractivity contribution in [3.8, 4) is 0 Å². The number of hydrogen-bond donors (Lipinski definition) is 0. The van der Waals surface area contributed by atoms with Gasteiger partial charge in [0.2, 0.25) is 0 Å².